The highest BCUT2D eigenvalue weighted by Crippen LogP contribution is 2.31. The molecule has 3 heteroatoms. The highest BCUT2D eigenvalue weighted by Gasteiger charge is 2.30. The van der Waals surface area contributed by atoms with Crippen LogP contribution in [0.15, 0.2) is 54.6 Å². The number of rotatable bonds is 2. The maximum atomic E-state index is 12.6. The van der Waals surface area contributed by atoms with Crippen LogP contribution in [0.3, 0.4) is 0 Å². The lowest BCUT2D eigenvalue weighted by molar-refractivity contribution is 0.251. The number of amides is 2. The summed E-state index contributed by atoms with van der Waals surface area (Å²) in [4.78, 5) is 16.0. The van der Waals surface area contributed by atoms with Crippen LogP contribution in [-0.2, 0) is 6.54 Å². The third kappa shape index (κ3) is 2.02. The Morgan fingerprint density at radius 1 is 1.05 bits per heavy atom. The topological polar surface area (TPSA) is 23.6 Å². The van der Waals surface area contributed by atoms with Crippen molar-refractivity contribution in [3.8, 4) is 12.3 Å². The molecule has 0 bridgehead atoms. The number of nitrogens with zero attached hydrogens (tertiary/aromatic N) is 2. The predicted molar refractivity (Wildman–Crippen MR) is 80.6 cm³/mol. The van der Waals surface area contributed by atoms with Gasteiger partial charge in [-0.15, -0.1) is 6.42 Å². The second kappa shape index (κ2) is 5.10. The molecule has 2 aromatic carbocycles. The monoisotopic (exact) mass is 262 g/mol. The number of fused-ring (bicyclic) bond motifs is 1. The molecule has 0 saturated carbocycles. The smallest absolute Gasteiger partial charge is 0.290 e. The van der Waals surface area contributed by atoms with Crippen LogP contribution >= 0.6 is 0 Å². The number of urea groups is 1. The van der Waals surface area contributed by atoms with Crippen LogP contribution in [0.4, 0.5) is 16.2 Å². The van der Waals surface area contributed by atoms with Gasteiger partial charge in [-0.1, -0.05) is 42.3 Å². The highest BCUT2D eigenvalue weighted by molar-refractivity contribution is 6.06. The van der Waals surface area contributed by atoms with Gasteiger partial charge >= 0.3 is 6.03 Å². The van der Waals surface area contributed by atoms with Gasteiger partial charge in [0.2, 0.25) is 0 Å². The summed E-state index contributed by atoms with van der Waals surface area (Å²) in [5.74, 6) is 2.56. The zero-order valence-electron chi connectivity index (χ0n) is 11.0. The minimum absolute atomic E-state index is 0.0761. The van der Waals surface area contributed by atoms with Crippen molar-refractivity contribution in [3.63, 3.8) is 0 Å². The van der Waals surface area contributed by atoms with E-state index in [1.54, 1.807) is 9.80 Å². The van der Waals surface area contributed by atoms with Gasteiger partial charge in [0, 0.05) is 5.69 Å². The lowest BCUT2D eigenvalue weighted by Gasteiger charge is -2.36. The van der Waals surface area contributed by atoms with Crippen LogP contribution in [-0.4, -0.2) is 12.6 Å². The van der Waals surface area contributed by atoms with Gasteiger partial charge in [-0.25, -0.2) is 4.79 Å². The van der Waals surface area contributed by atoms with Crippen molar-refractivity contribution < 1.29 is 4.79 Å². The van der Waals surface area contributed by atoms with Crippen LogP contribution in [0.25, 0.3) is 0 Å². The summed E-state index contributed by atoms with van der Waals surface area (Å²) in [6, 6.07) is 17.4. The SMILES string of the molecule is C#CCN1C(=O)N(c2ccccc2)Cc2ccccc21. The second-order valence-electron chi connectivity index (χ2n) is 4.62. The van der Waals surface area contributed by atoms with Gasteiger partial charge in [0.1, 0.15) is 0 Å². The molecular formula is C17H14N2O. The summed E-state index contributed by atoms with van der Waals surface area (Å²) in [7, 11) is 0. The molecule has 2 aromatic rings. The van der Waals surface area contributed by atoms with E-state index in [0.29, 0.717) is 6.54 Å². The Kier molecular flexibility index (Phi) is 3.14. The number of carbonyl (C=O) groups is 1. The summed E-state index contributed by atoms with van der Waals surface area (Å²) in [5.41, 5.74) is 2.89. The Bertz CT molecular complexity index is 673. The van der Waals surface area contributed by atoms with Gasteiger partial charge in [0.15, 0.2) is 0 Å². The van der Waals surface area contributed by atoms with Gasteiger partial charge in [-0.3, -0.25) is 9.80 Å². The molecular weight excluding hydrogens is 248 g/mol. The van der Waals surface area contributed by atoms with E-state index in [1.807, 2.05) is 54.6 Å². The third-order valence-corrected chi connectivity index (χ3v) is 3.39. The lowest BCUT2D eigenvalue weighted by atomic mass is 10.1. The number of benzene rings is 2. The van der Waals surface area contributed by atoms with E-state index in [-0.39, 0.29) is 12.6 Å². The molecule has 0 N–H and O–H groups in total. The number of hydrogen-bond acceptors (Lipinski definition) is 1. The summed E-state index contributed by atoms with van der Waals surface area (Å²) in [5, 5.41) is 0. The van der Waals surface area contributed by atoms with Crippen LogP contribution in [0.2, 0.25) is 0 Å². The molecule has 98 valence electrons. The van der Waals surface area contributed by atoms with E-state index in [0.717, 1.165) is 16.9 Å². The van der Waals surface area contributed by atoms with Crippen LogP contribution in [0, 0.1) is 12.3 Å². The van der Waals surface area contributed by atoms with Crippen molar-refractivity contribution in [2.75, 3.05) is 16.3 Å². The second-order valence-corrected chi connectivity index (χ2v) is 4.62. The predicted octanol–water partition coefficient (Wildman–Crippen LogP) is 3.27. The largest absolute Gasteiger partial charge is 0.330 e. The summed E-state index contributed by atoms with van der Waals surface area (Å²) in [6.07, 6.45) is 5.40. The van der Waals surface area contributed by atoms with Gasteiger partial charge in [0.05, 0.1) is 18.8 Å². The summed E-state index contributed by atoms with van der Waals surface area (Å²) >= 11 is 0. The first-order valence-corrected chi connectivity index (χ1v) is 6.46. The minimum atomic E-state index is -0.0761. The van der Waals surface area contributed by atoms with Crippen molar-refractivity contribution in [2.45, 2.75) is 6.54 Å². The standard InChI is InChI=1S/C17H14N2O/c1-2-12-18-16-11-7-6-8-14(16)13-19(17(18)20)15-9-4-3-5-10-15/h1,3-11H,12-13H2. The van der Waals surface area contributed by atoms with Crippen molar-refractivity contribution in [3.05, 3.63) is 60.2 Å². The summed E-state index contributed by atoms with van der Waals surface area (Å²) in [6.45, 7) is 0.846. The zero-order chi connectivity index (χ0) is 13.9. The number of anilines is 2. The van der Waals surface area contributed by atoms with E-state index in [9.17, 15) is 4.79 Å². The molecule has 1 aliphatic heterocycles. The number of terminal acetylenes is 1. The zero-order valence-corrected chi connectivity index (χ0v) is 11.0. The molecule has 0 radical (unpaired) electrons. The van der Waals surface area contributed by atoms with Crippen LogP contribution in [0.5, 0.6) is 0 Å². The van der Waals surface area contributed by atoms with Crippen molar-refractivity contribution in [1.82, 2.24) is 0 Å². The normalized spacial score (nSPS) is 13.8. The minimum Gasteiger partial charge on any atom is -0.290 e. The molecule has 0 saturated heterocycles. The molecule has 0 aromatic heterocycles. The first-order chi connectivity index (χ1) is 9.81. The fourth-order valence-corrected chi connectivity index (χ4v) is 2.45. The van der Waals surface area contributed by atoms with E-state index in [2.05, 4.69) is 5.92 Å². The summed E-state index contributed by atoms with van der Waals surface area (Å²) < 4.78 is 0. The Hall–Kier alpha value is -2.73. The number of para-hydroxylation sites is 2. The lowest BCUT2D eigenvalue weighted by Crippen LogP contribution is -2.47. The van der Waals surface area contributed by atoms with Gasteiger partial charge in [0.25, 0.3) is 0 Å². The molecule has 3 rings (SSSR count). The van der Waals surface area contributed by atoms with Crippen molar-refractivity contribution in [1.29, 1.82) is 0 Å². The van der Waals surface area contributed by atoms with Crippen molar-refractivity contribution >= 4 is 17.4 Å². The molecule has 0 spiro atoms. The first-order valence-electron chi connectivity index (χ1n) is 6.46. The van der Waals surface area contributed by atoms with Gasteiger partial charge in [-0.2, -0.15) is 0 Å². The highest BCUT2D eigenvalue weighted by atomic mass is 16.2. The molecule has 0 aliphatic carbocycles. The van der Waals surface area contributed by atoms with Crippen molar-refractivity contribution in [2.24, 2.45) is 0 Å². The first kappa shape index (κ1) is 12.3. The fraction of sp³-hybridized carbons (Fsp3) is 0.118. The van der Waals surface area contributed by atoms with Crippen LogP contribution < -0.4 is 9.80 Å². The van der Waals surface area contributed by atoms with E-state index < -0.39 is 0 Å². The average Bonchev–Trinajstić information content (AvgIpc) is 2.51. The molecule has 3 nitrogen and oxygen atoms in total. The fourth-order valence-electron chi connectivity index (χ4n) is 2.45. The van der Waals surface area contributed by atoms with Crippen LogP contribution in [0.1, 0.15) is 5.56 Å². The van der Waals surface area contributed by atoms with Gasteiger partial charge in [-0.05, 0) is 23.8 Å². The average molecular weight is 262 g/mol. The maximum absolute atomic E-state index is 12.6. The quantitative estimate of drug-likeness (QED) is 0.762. The Morgan fingerprint density at radius 3 is 2.50 bits per heavy atom. The van der Waals surface area contributed by atoms with E-state index in [4.69, 9.17) is 6.42 Å². The van der Waals surface area contributed by atoms with E-state index >= 15 is 0 Å². The maximum Gasteiger partial charge on any atom is 0.330 e. The Labute approximate surface area is 118 Å². The molecule has 20 heavy (non-hydrogen) atoms. The Morgan fingerprint density at radius 2 is 1.75 bits per heavy atom. The molecule has 2 amide bonds. The Balaban J connectivity index is 2.05. The molecule has 0 atom stereocenters. The third-order valence-electron chi connectivity index (χ3n) is 3.39. The van der Waals surface area contributed by atoms with E-state index in [1.165, 1.54) is 0 Å². The number of hydrogen-bond donors (Lipinski definition) is 0. The number of carbonyl (C=O) groups excluding carboxylic acids is 1. The molecule has 1 aliphatic rings. The van der Waals surface area contributed by atoms with Gasteiger partial charge < -0.3 is 0 Å². The molecule has 0 unspecified atom stereocenters. The molecule has 1 heterocycles. The molecule has 0 fully saturated rings.